The molecular weight excluding hydrogens is 578 g/mol. The van der Waals surface area contributed by atoms with Gasteiger partial charge in [0.2, 0.25) is 0 Å². The molecule has 1 aromatic heterocycles. The van der Waals surface area contributed by atoms with E-state index in [1.807, 2.05) is 53.4 Å². The van der Waals surface area contributed by atoms with E-state index in [0.717, 1.165) is 49.5 Å². The van der Waals surface area contributed by atoms with Crippen LogP contribution in [0.25, 0.3) is 22.2 Å². The van der Waals surface area contributed by atoms with Gasteiger partial charge < -0.3 is 4.90 Å². The number of benzene rings is 4. The number of fused-ring (bicyclic) bond motifs is 1. The number of halogens is 5. The van der Waals surface area contributed by atoms with E-state index in [4.69, 9.17) is 11.6 Å². The predicted octanol–water partition coefficient (Wildman–Crippen LogP) is 8.78. The fraction of sp³-hybridized carbons (Fsp3) is 0.235. The lowest BCUT2D eigenvalue weighted by molar-refractivity contribution is -0.136. The van der Waals surface area contributed by atoms with Crippen LogP contribution in [0.1, 0.15) is 51.9 Å². The second kappa shape index (κ2) is 11.8. The number of rotatable bonds is 6. The van der Waals surface area contributed by atoms with Crippen molar-refractivity contribution in [2.24, 2.45) is 0 Å². The highest BCUT2D eigenvalue weighted by Gasteiger charge is 2.34. The normalized spacial score (nSPS) is 13.9. The predicted molar refractivity (Wildman–Crippen MR) is 160 cm³/mol. The Hall–Kier alpha value is -4.17. The molecule has 0 radical (unpaired) electrons. The second-order valence-corrected chi connectivity index (χ2v) is 11.3. The number of alkyl halides is 3. The molecule has 4 nitrogen and oxygen atoms in total. The van der Waals surface area contributed by atoms with Gasteiger partial charge in [-0.2, -0.15) is 18.3 Å². The fourth-order valence-corrected chi connectivity index (χ4v) is 5.93. The van der Waals surface area contributed by atoms with Crippen LogP contribution in [-0.4, -0.2) is 33.7 Å². The number of piperidine rings is 1. The average Bonchev–Trinajstić information content (AvgIpc) is 3.36. The van der Waals surface area contributed by atoms with Gasteiger partial charge in [0, 0.05) is 40.2 Å². The minimum absolute atomic E-state index is 0.0283. The SMILES string of the molecule is O=C(c1cccc(Cc2cccc(-c3c4cccc(C(F)(F)F)c4nn3Cc3ccc(Cl)cc3F)c2)c1)N1CCCCC1. The van der Waals surface area contributed by atoms with Crippen LogP contribution in [0.2, 0.25) is 5.02 Å². The smallest absolute Gasteiger partial charge is 0.339 e. The number of hydrogen-bond acceptors (Lipinski definition) is 2. The molecule has 1 saturated heterocycles. The van der Waals surface area contributed by atoms with Gasteiger partial charge in [0.05, 0.1) is 17.8 Å². The number of carbonyl (C=O) groups excluding carboxylic acids is 1. The zero-order valence-electron chi connectivity index (χ0n) is 23.2. The molecule has 2 heterocycles. The summed E-state index contributed by atoms with van der Waals surface area (Å²) in [5, 5.41) is 4.90. The summed E-state index contributed by atoms with van der Waals surface area (Å²) >= 11 is 5.92. The molecule has 1 amide bonds. The Morgan fingerprint density at radius 1 is 0.860 bits per heavy atom. The van der Waals surface area contributed by atoms with E-state index in [0.29, 0.717) is 28.6 Å². The molecule has 5 aromatic rings. The number of likely N-dealkylation sites (tertiary alicyclic amines) is 1. The van der Waals surface area contributed by atoms with Gasteiger partial charge in [-0.1, -0.05) is 60.1 Å². The maximum Gasteiger partial charge on any atom is 0.418 e. The first-order valence-electron chi connectivity index (χ1n) is 14.2. The second-order valence-electron chi connectivity index (χ2n) is 10.9. The summed E-state index contributed by atoms with van der Waals surface area (Å²) in [7, 11) is 0. The monoisotopic (exact) mass is 605 g/mol. The van der Waals surface area contributed by atoms with Gasteiger partial charge in [-0.3, -0.25) is 9.48 Å². The van der Waals surface area contributed by atoms with Crippen molar-refractivity contribution in [1.29, 1.82) is 0 Å². The molecule has 6 rings (SSSR count). The Bertz CT molecular complexity index is 1810. The Labute approximate surface area is 251 Å². The summed E-state index contributed by atoms with van der Waals surface area (Å²) in [6, 6.07) is 23.2. The maximum absolute atomic E-state index is 14.8. The quantitative estimate of drug-likeness (QED) is 0.181. The van der Waals surface area contributed by atoms with Crippen LogP contribution >= 0.6 is 11.6 Å². The molecule has 0 spiro atoms. The average molecular weight is 606 g/mol. The first kappa shape index (κ1) is 28.9. The van der Waals surface area contributed by atoms with Gasteiger partial charge >= 0.3 is 6.18 Å². The molecule has 0 unspecified atom stereocenters. The third kappa shape index (κ3) is 6.15. The molecule has 1 fully saturated rings. The standard InChI is InChI=1S/C34H28ClF4N3O/c35-27-14-13-26(30(36)20-27)21-42-32(28-11-6-12-29(31(28)40-42)34(37,38)39)24-9-4-7-22(18-24)17-23-8-5-10-25(19-23)33(43)41-15-2-1-3-16-41/h4-14,18-20H,1-3,15-17,21H2. The van der Waals surface area contributed by atoms with Crippen molar-refractivity contribution >= 4 is 28.4 Å². The number of amides is 1. The Kier molecular flexibility index (Phi) is 7.97. The molecule has 0 atom stereocenters. The van der Waals surface area contributed by atoms with E-state index in [2.05, 4.69) is 5.10 Å². The Morgan fingerprint density at radius 2 is 1.58 bits per heavy atom. The van der Waals surface area contributed by atoms with Crippen LogP contribution in [0.15, 0.2) is 84.9 Å². The van der Waals surface area contributed by atoms with Crippen LogP contribution in [0, 0.1) is 5.82 Å². The summed E-state index contributed by atoms with van der Waals surface area (Å²) in [6.07, 6.45) is -0.932. The van der Waals surface area contributed by atoms with Gasteiger partial charge in [0.25, 0.3) is 5.91 Å². The number of nitrogens with zero attached hydrogens (tertiary/aromatic N) is 3. The molecular formula is C34H28ClF4N3O. The minimum atomic E-state index is -4.61. The number of hydrogen-bond donors (Lipinski definition) is 0. The van der Waals surface area contributed by atoms with Crippen molar-refractivity contribution in [3.63, 3.8) is 0 Å². The zero-order chi connectivity index (χ0) is 30.1. The summed E-state index contributed by atoms with van der Waals surface area (Å²) in [4.78, 5) is 15.0. The third-order valence-corrected chi connectivity index (χ3v) is 8.07. The van der Waals surface area contributed by atoms with Crippen molar-refractivity contribution < 1.29 is 22.4 Å². The number of aromatic nitrogens is 2. The van der Waals surface area contributed by atoms with E-state index in [1.54, 1.807) is 6.07 Å². The zero-order valence-corrected chi connectivity index (χ0v) is 23.9. The van der Waals surface area contributed by atoms with E-state index in [1.165, 1.54) is 28.9 Å². The maximum atomic E-state index is 14.8. The third-order valence-electron chi connectivity index (χ3n) is 7.84. The molecule has 4 aromatic carbocycles. The van der Waals surface area contributed by atoms with Crippen LogP contribution in [0.3, 0.4) is 0 Å². The topological polar surface area (TPSA) is 38.1 Å². The van der Waals surface area contributed by atoms with Crippen LogP contribution in [-0.2, 0) is 19.1 Å². The van der Waals surface area contributed by atoms with Crippen molar-refractivity contribution in [1.82, 2.24) is 14.7 Å². The molecule has 0 saturated carbocycles. The highest BCUT2D eigenvalue weighted by Crippen LogP contribution is 2.38. The van der Waals surface area contributed by atoms with Crippen LogP contribution in [0.5, 0.6) is 0 Å². The minimum Gasteiger partial charge on any atom is -0.339 e. The van der Waals surface area contributed by atoms with Crippen molar-refractivity contribution in [3.8, 4) is 11.3 Å². The summed E-state index contributed by atoms with van der Waals surface area (Å²) in [5.41, 5.74) is 2.79. The molecule has 0 N–H and O–H groups in total. The Morgan fingerprint density at radius 3 is 2.33 bits per heavy atom. The largest absolute Gasteiger partial charge is 0.418 e. The van der Waals surface area contributed by atoms with Crippen molar-refractivity contribution in [2.45, 2.75) is 38.4 Å². The summed E-state index contributed by atoms with van der Waals surface area (Å²) in [5.74, 6) is -0.539. The molecule has 1 aliphatic heterocycles. The Balaban J connectivity index is 1.38. The lowest BCUT2D eigenvalue weighted by Crippen LogP contribution is -2.35. The van der Waals surface area contributed by atoms with Gasteiger partial charge in [0.1, 0.15) is 11.3 Å². The molecule has 9 heteroatoms. The van der Waals surface area contributed by atoms with E-state index >= 15 is 0 Å². The fourth-order valence-electron chi connectivity index (χ4n) is 5.77. The van der Waals surface area contributed by atoms with Crippen LogP contribution in [0.4, 0.5) is 17.6 Å². The molecule has 0 aliphatic carbocycles. The van der Waals surface area contributed by atoms with E-state index < -0.39 is 17.6 Å². The summed E-state index contributed by atoms with van der Waals surface area (Å²) < 4.78 is 58.1. The summed E-state index contributed by atoms with van der Waals surface area (Å²) in [6.45, 7) is 1.45. The molecule has 220 valence electrons. The van der Waals surface area contributed by atoms with Gasteiger partial charge in [-0.15, -0.1) is 0 Å². The van der Waals surface area contributed by atoms with Gasteiger partial charge in [-0.25, -0.2) is 4.39 Å². The van der Waals surface area contributed by atoms with Crippen molar-refractivity contribution in [2.75, 3.05) is 13.1 Å². The highest BCUT2D eigenvalue weighted by molar-refractivity contribution is 6.30. The highest BCUT2D eigenvalue weighted by atomic mass is 35.5. The molecule has 43 heavy (non-hydrogen) atoms. The first-order chi connectivity index (χ1) is 20.7. The van der Waals surface area contributed by atoms with E-state index in [-0.39, 0.29) is 28.6 Å². The lowest BCUT2D eigenvalue weighted by atomic mass is 9.98. The van der Waals surface area contributed by atoms with Crippen LogP contribution < -0.4 is 0 Å². The lowest BCUT2D eigenvalue weighted by Gasteiger charge is -2.26. The van der Waals surface area contributed by atoms with E-state index in [9.17, 15) is 22.4 Å². The molecule has 0 bridgehead atoms. The van der Waals surface area contributed by atoms with Gasteiger partial charge in [-0.05, 0) is 73.2 Å². The van der Waals surface area contributed by atoms with Gasteiger partial charge in [0.15, 0.2) is 0 Å². The van der Waals surface area contributed by atoms with Crippen molar-refractivity contribution in [3.05, 3.63) is 124 Å². The number of carbonyl (C=O) groups is 1. The molecule has 1 aliphatic rings. The first-order valence-corrected chi connectivity index (χ1v) is 14.5.